The first-order chi connectivity index (χ1) is 5.65. The molecule has 0 aromatic heterocycles. The van der Waals surface area contributed by atoms with E-state index < -0.39 is 0 Å². The van der Waals surface area contributed by atoms with Crippen molar-refractivity contribution in [3.8, 4) is 0 Å². The summed E-state index contributed by atoms with van der Waals surface area (Å²) in [6, 6.07) is 0.534. The van der Waals surface area contributed by atoms with Crippen LogP contribution in [0.3, 0.4) is 0 Å². The van der Waals surface area contributed by atoms with Gasteiger partial charge in [-0.3, -0.25) is 0 Å². The first kappa shape index (κ1) is 11.2. The largest absolute Gasteiger partial charge is 0.374 e. The fourth-order valence-corrected chi connectivity index (χ4v) is 1.03. The summed E-state index contributed by atoms with van der Waals surface area (Å²) in [6.07, 6.45) is 2.91. The topological polar surface area (TPSA) is 15.3 Å². The molecule has 0 aliphatic carbocycles. The van der Waals surface area contributed by atoms with Gasteiger partial charge in [0.1, 0.15) is 0 Å². The van der Waals surface area contributed by atoms with Crippen LogP contribution in [0.1, 0.15) is 13.3 Å². The fraction of sp³-hybridized carbons (Fsp3) is 0.600. The summed E-state index contributed by atoms with van der Waals surface area (Å²) in [4.78, 5) is 2.11. The predicted octanol–water partition coefficient (Wildman–Crippen LogP) is 1.62. The molecule has 0 radical (unpaired) electrons. The van der Waals surface area contributed by atoms with Gasteiger partial charge in [0.25, 0.3) is 0 Å². The molecule has 0 fully saturated rings. The van der Waals surface area contributed by atoms with Gasteiger partial charge in [0.05, 0.1) is 0 Å². The molecule has 0 aromatic rings. The van der Waals surface area contributed by atoms with E-state index in [2.05, 4.69) is 30.3 Å². The zero-order valence-electron chi connectivity index (χ0n) is 8.43. The van der Waals surface area contributed by atoms with Crippen molar-refractivity contribution in [1.82, 2.24) is 10.2 Å². The minimum Gasteiger partial charge on any atom is -0.374 e. The molecule has 1 atom stereocenters. The van der Waals surface area contributed by atoms with Crippen molar-refractivity contribution in [3.63, 3.8) is 0 Å². The third-order valence-electron chi connectivity index (χ3n) is 2.12. The van der Waals surface area contributed by atoms with Crippen molar-refractivity contribution < 1.29 is 0 Å². The zero-order valence-corrected chi connectivity index (χ0v) is 8.43. The van der Waals surface area contributed by atoms with Crippen molar-refractivity contribution in [3.05, 3.63) is 24.9 Å². The standard InChI is InChI=1S/C10H20N2/c1-6-9(3)12(5)8-10(7-2)11-4/h6,10-11H,1,3,7-8H2,2,4-5H3. The molecule has 0 rings (SSSR count). The van der Waals surface area contributed by atoms with Crippen LogP contribution in [0.2, 0.25) is 0 Å². The molecule has 0 spiro atoms. The second kappa shape index (κ2) is 5.84. The highest BCUT2D eigenvalue weighted by molar-refractivity contribution is 5.09. The second-order valence-electron chi connectivity index (χ2n) is 2.97. The molecule has 70 valence electrons. The Labute approximate surface area is 76.0 Å². The molecule has 12 heavy (non-hydrogen) atoms. The quantitative estimate of drug-likeness (QED) is 0.606. The lowest BCUT2D eigenvalue weighted by atomic mass is 10.2. The smallest absolute Gasteiger partial charge is 0.0328 e. The van der Waals surface area contributed by atoms with Crippen molar-refractivity contribution in [2.45, 2.75) is 19.4 Å². The summed E-state index contributed by atoms with van der Waals surface area (Å²) in [5.41, 5.74) is 0.976. The van der Waals surface area contributed by atoms with E-state index in [1.165, 1.54) is 0 Å². The lowest BCUT2D eigenvalue weighted by Gasteiger charge is -2.24. The van der Waals surface area contributed by atoms with Gasteiger partial charge >= 0.3 is 0 Å². The summed E-state index contributed by atoms with van der Waals surface area (Å²) in [7, 11) is 4.02. The van der Waals surface area contributed by atoms with E-state index in [0.717, 1.165) is 18.7 Å². The molecule has 0 amide bonds. The van der Waals surface area contributed by atoms with E-state index in [1.807, 2.05) is 14.1 Å². The summed E-state index contributed by atoms with van der Waals surface area (Å²) < 4.78 is 0. The Morgan fingerprint density at radius 1 is 1.67 bits per heavy atom. The van der Waals surface area contributed by atoms with Crippen molar-refractivity contribution in [2.75, 3.05) is 20.6 Å². The normalized spacial score (nSPS) is 12.2. The highest BCUT2D eigenvalue weighted by Gasteiger charge is 2.06. The van der Waals surface area contributed by atoms with Crippen molar-refractivity contribution in [2.24, 2.45) is 0 Å². The number of allylic oxidation sites excluding steroid dienone is 1. The van der Waals surface area contributed by atoms with E-state index in [9.17, 15) is 0 Å². The van der Waals surface area contributed by atoms with Crippen molar-refractivity contribution in [1.29, 1.82) is 0 Å². The van der Waals surface area contributed by atoms with Crippen LogP contribution >= 0.6 is 0 Å². The summed E-state index contributed by atoms with van der Waals surface area (Å²) in [6.45, 7) is 10.7. The molecule has 0 saturated carbocycles. The highest BCUT2D eigenvalue weighted by Crippen LogP contribution is 2.01. The minimum atomic E-state index is 0.534. The number of nitrogens with one attached hydrogen (secondary N) is 1. The van der Waals surface area contributed by atoms with Crippen LogP contribution in [0.5, 0.6) is 0 Å². The molecule has 1 unspecified atom stereocenters. The van der Waals surface area contributed by atoms with E-state index >= 15 is 0 Å². The number of hydrogen-bond donors (Lipinski definition) is 1. The maximum absolute atomic E-state index is 3.87. The van der Waals surface area contributed by atoms with Gasteiger partial charge in [-0.1, -0.05) is 20.1 Å². The summed E-state index contributed by atoms with van der Waals surface area (Å²) >= 11 is 0. The van der Waals surface area contributed by atoms with Gasteiger partial charge in [0.15, 0.2) is 0 Å². The highest BCUT2D eigenvalue weighted by atomic mass is 15.1. The Morgan fingerprint density at radius 2 is 2.25 bits per heavy atom. The lowest BCUT2D eigenvalue weighted by molar-refractivity contribution is 0.359. The van der Waals surface area contributed by atoms with Gasteiger partial charge in [0, 0.05) is 25.3 Å². The van der Waals surface area contributed by atoms with Crippen LogP contribution in [-0.2, 0) is 0 Å². The monoisotopic (exact) mass is 168 g/mol. The SMILES string of the molecule is C=CC(=C)N(C)CC(CC)NC. The molecular weight excluding hydrogens is 148 g/mol. The fourth-order valence-electron chi connectivity index (χ4n) is 1.03. The van der Waals surface area contributed by atoms with Crippen LogP contribution in [0.4, 0.5) is 0 Å². The van der Waals surface area contributed by atoms with Crippen LogP contribution in [0.15, 0.2) is 24.9 Å². The van der Waals surface area contributed by atoms with Gasteiger partial charge < -0.3 is 10.2 Å². The third-order valence-corrected chi connectivity index (χ3v) is 2.12. The van der Waals surface area contributed by atoms with Crippen LogP contribution in [-0.4, -0.2) is 31.6 Å². The van der Waals surface area contributed by atoms with E-state index in [4.69, 9.17) is 0 Å². The van der Waals surface area contributed by atoms with Gasteiger partial charge in [-0.25, -0.2) is 0 Å². The second-order valence-corrected chi connectivity index (χ2v) is 2.97. The van der Waals surface area contributed by atoms with Gasteiger partial charge in [0.2, 0.25) is 0 Å². The maximum Gasteiger partial charge on any atom is 0.0328 e. The molecule has 0 aliphatic rings. The first-order valence-electron chi connectivity index (χ1n) is 4.35. The maximum atomic E-state index is 3.87. The average molecular weight is 168 g/mol. The molecular formula is C10H20N2. The van der Waals surface area contributed by atoms with Crippen molar-refractivity contribution >= 4 is 0 Å². The molecule has 0 aromatic carbocycles. The van der Waals surface area contributed by atoms with Crippen LogP contribution in [0, 0.1) is 0 Å². The molecule has 2 heteroatoms. The molecule has 0 saturated heterocycles. The van der Waals surface area contributed by atoms with E-state index in [1.54, 1.807) is 6.08 Å². The predicted molar refractivity (Wildman–Crippen MR) is 55.1 cm³/mol. The van der Waals surface area contributed by atoms with Crippen LogP contribution in [0.25, 0.3) is 0 Å². The van der Waals surface area contributed by atoms with Crippen LogP contribution < -0.4 is 5.32 Å². The summed E-state index contributed by atoms with van der Waals surface area (Å²) in [5, 5.41) is 3.24. The number of nitrogens with zero attached hydrogens (tertiary/aromatic N) is 1. The first-order valence-corrected chi connectivity index (χ1v) is 4.35. The molecule has 0 aliphatic heterocycles. The summed E-state index contributed by atoms with van der Waals surface area (Å²) in [5.74, 6) is 0. The lowest BCUT2D eigenvalue weighted by Crippen LogP contribution is -2.36. The number of hydrogen-bond acceptors (Lipinski definition) is 2. The average Bonchev–Trinajstić information content (AvgIpc) is 2.12. The molecule has 0 heterocycles. The Morgan fingerprint density at radius 3 is 2.58 bits per heavy atom. The third kappa shape index (κ3) is 3.58. The van der Waals surface area contributed by atoms with Gasteiger partial charge in [-0.2, -0.15) is 0 Å². The van der Waals surface area contributed by atoms with Gasteiger partial charge in [-0.15, -0.1) is 0 Å². The molecule has 1 N–H and O–H groups in total. The molecule has 0 bridgehead atoms. The van der Waals surface area contributed by atoms with E-state index in [0.29, 0.717) is 6.04 Å². The molecule has 2 nitrogen and oxygen atoms in total. The zero-order chi connectivity index (χ0) is 9.56. The Kier molecular flexibility index (Phi) is 5.47. The number of rotatable bonds is 6. The Bertz CT molecular complexity index is 148. The Hall–Kier alpha value is -0.760. The number of likely N-dealkylation sites (N-methyl/N-ethyl adjacent to an activating group) is 2. The Balaban J connectivity index is 3.88. The minimum absolute atomic E-state index is 0.534. The van der Waals surface area contributed by atoms with E-state index in [-0.39, 0.29) is 0 Å². The van der Waals surface area contributed by atoms with Gasteiger partial charge in [-0.05, 0) is 19.5 Å².